The van der Waals surface area contributed by atoms with Crippen molar-refractivity contribution >= 4 is 40.5 Å². The van der Waals surface area contributed by atoms with Crippen LogP contribution in [0.4, 0.5) is 22.2 Å². The van der Waals surface area contributed by atoms with Gasteiger partial charge in [0.15, 0.2) is 0 Å². The first-order valence-corrected chi connectivity index (χ1v) is 12.5. The van der Waals surface area contributed by atoms with Gasteiger partial charge in [0.25, 0.3) is 0 Å². The Balaban J connectivity index is 1.23. The average Bonchev–Trinajstić information content (AvgIpc) is 3.36. The summed E-state index contributed by atoms with van der Waals surface area (Å²) in [5, 5.41) is 7.51. The van der Waals surface area contributed by atoms with Crippen LogP contribution in [0.1, 0.15) is 44.6 Å². The number of nitrogens with one attached hydrogen (secondary N) is 2. The fourth-order valence-electron chi connectivity index (χ4n) is 5.14. The minimum Gasteiger partial charge on any atom is -0.393 e. The number of rotatable bonds is 5. The van der Waals surface area contributed by atoms with Gasteiger partial charge in [-0.25, -0.2) is 14.8 Å². The normalized spacial score (nSPS) is 21.8. The molecule has 3 fully saturated rings. The molecule has 0 radical (unpaired) electrons. The van der Waals surface area contributed by atoms with Crippen LogP contribution < -0.4 is 20.3 Å². The second-order valence-corrected chi connectivity index (χ2v) is 10.0. The number of carbonyl (C=O) groups excluding carboxylic acids is 2. The summed E-state index contributed by atoms with van der Waals surface area (Å²) in [4.78, 5) is 41.8. The summed E-state index contributed by atoms with van der Waals surface area (Å²) in [7, 11) is 3.31. The minimum atomic E-state index is -0.430. The molecule has 36 heavy (non-hydrogen) atoms. The van der Waals surface area contributed by atoms with E-state index in [1.165, 1.54) is 4.90 Å². The van der Waals surface area contributed by atoms with Crippen molar-refractivity contribution in [3.05, 3.63) is 30.6 Å². The van der Waals surface area contributed by atoms with Crippen molar-refractivity contribution in [2.45, 2.75) is 56.7 Å². The molecule has 6 rings (SSSR count). The van der Waals surface area contributed by atoms with Gasteiger partial charge in [-0.2, -0.15) is 4.98 Å². The topological polar surface area (TPSA) is 118 Å². The molecule has 11 nitrogen and oxygen atoms in total. The Morgan fingerprint density at radius 2 is 1.97 bits per heavy atom. The number of amides is 2. The van der Waals surface area contributed by atoms with Gasteiger partial charge >= 0.3 is 6.09 Å². The van der Waals surface area contributed by atoms with Crippen LogP contribution in [-0.2, 0) is 4.79 Å². The van der Waals surface area contributed by atoms with Crippen LogP contribution >= 0.6 is 0 Å². The Labute approximate surface area is 208 Å². The summed E-state index contributed by atoms with van der Waals surface area (Å²) in [6.07, 6.45) is 8.86. The van der Waals surface area contributed by atoms with Gasteiger partial charge in [-0.1, -0.05) is 0 Å². The number of hydrogen-bond acceptors (Lipinski definition) is 8. The molecule has 1 saturated carbocycles. The highest BCUT2D eigenvalue weighted by molar-refractivity contribution is 5.94. The first kappa shape index (κ1) is 22.7. The minimum absolute atomic E-state index is 0.133. The maximum Gasteiger partial charge on any atom is 0.415 e. The SMILES string of the molecule is CN(C)C(=O)Oc1cc2cnc(Nc3ccc(N4C[C@@H]5CC[C@H](CC4=O)N5)cn3)nc2n1C1CCC1. The lowest BCUT2D eigenvalue weighted by Crippen LogP contribution is -2.37. The van der Waals surface area contributed by atoms with Gasteiger partial charge in [0, 0.05) is 62.8 Å². The third-order valence-electron chi connectivity index (χ3n) is 7.30. The Bertz CT molecular complexity index is 1300. The second-order valence-electron chi connectivity index (χ2n) is 10.0. The highest BCUT2D eigenvalue weighted by Crippen LogP contribution is 2.39. The fourth-order valence-corrected chi connectivity index (χ4v) is 5.14. The maximum atomic E-state index is 12.7. The Morgan fingerprint density at radius 3 is 2.69 bits per heavy atom. The van der Waals surface area contributed by atoms with E-state index in [4.69, 9.17) is 9.72 Å². The number of aromatic nitrogens is 4. The molecule has 0 unspecified atom stereocenters. The number of nitrogens with zero attached hydrogens (tertiary/aromatic N) is 6. The Hall–Kier alpha value is -3.73. The molecule has 2 N–H and O–H groups in total. The maximum absolute atomic E-state index is 12.7. The molecule has 11 heteroatoms. The van der Waals surface area contributed by atoms with Crippen LogP contribution in [0.25, 0.3) is 11.0 Å². The Kier molecular flexibility index (Phi) is 5.71. The molecule has 2 amide bonds. The molecule has 2 atom stereocenters. The first-order valence-electron chi connectivity index (χ1n) is 12.5. The zero-order valence-corrected chi connectivity index (χ0v) is 20.5. The highest BCUT2D eigenvalue weighted by atomic mass is 16.6. The van der Waals surface area contributed by atoms with E-state index < -0.39 is 6.09 Å². The summed E-state index contributed by atoms with van der Waals surface area (Å²) in [6.45, 7) is 0.669. The molecule has 3 aromatic rings. The summed E-state index contributed by atoms with van der Waals surface area (Å²) >= 11 is 0. The van der Waals surface area contributed by atoms with Crippen molar-refractivity contribution in [1.82, 2.24) is 29.7 Å². The fraction of sp³-hybridized carbons (Fsp3) is 0.480. The van der Waals surface area contributed by atoms with E-state index in [-0.39, 0.29) is 11.9 Å². The van der Waals surface area contributed by atoms with Crippen LogP contribution in [0.2, 0.25) is 0 Å². The average molecular weight is 491 g/mol. The number of pyridine rings is 1. The molecule has 3 aromatic heterocycles. The molecule has 2 aliphatic heterocycles. The quantitative estimate of drug-likeness (QED) is 0.560. The third kappa shape index (κ3) is 4.23. The zero-order chi connectivity index (χ0) is 24.8. The number of ether oxygens (including phenoxy) is 1. The van der Waals surface area contributed by atoms with Crippen molar-refractivity contribution in [3.8, 4) is 5.88 Å². The number of fused-ring (bicyclic) bond motifs is 3. The molecular weight excluding hydrogens is 460 g/mol. The third-order valence-corrected chi connectivity index (χ3v) is 7.30. The lowest BCUT2D eigenvalue weighted by molar-refractivity contribution is -0.118. The molecule has 188 valence electrons. The highest BCUT2D eigenvalue weighted by Gasteiger charge is 2.34. The van der Waals surface area contributed by atoms with E-state index in [0.717, 1.165) is 43.2 Å². The summed E-state index contributed by atoms with van der Waals surface area (Å²) in [6, 6.07) is 6.42. The van der Waals surface area contributed by atoms with Crippen molar-refractivity contribution in [3.63, 3.8) is 0 Å². The summed E-state index contributed by atoms with van der Waals surface area (Å²) in [5.41, 5.74) is 1.51. The molecule has 0 spiro atoms. The predicted octanol–water partition coefficient (Wildman–Crippen LogP) is 3.21. The monoisotopic (exact) mass is 490 g/mol. The van der Waals surface area contributed by atoms with Crippen molar-refractivity contribution in [2.24, 2.45) is 0 Å². The van der Waals surface area contributed by atoms with E-state index in [1.54, 1.807) is 26.5 Å². The standard InChI is InChI=1S/C25H30N8O3/c1-31(2)25(35)36-22-10-15-12-27-24(30-23(15)33(22)18-4-3-5-18)29-20-9-8-19(13-26-20)32-14-17-7-6-16(28-17)11-21(32)34/h8-10,12-13,16-18,28H,3-7,11,14H2,1-2H3,(H,26,27,29,30)/t16-,17+/m1/s1. The number of hydrogen-bond donors (Lipinski definition) is 2. The predicted molar refractivity (Wildman–Crippen MR) is 135 cm³/mol. The van der Waals surface area contributed by atoms with Crippen molar-refractivity contribution in [1.29, 1.82) is 0 Å². The van der Waals surface area contributed by atoms with E-state index in [2.05, 4.69) is 20.6 Å². The van der Waals surface area contributed by atoms with Gasteiger partial charge in [0.2, 0.25) is 17.7 Å². The van der Waals surface area contributed by atoms with Gasteiger partial charge in [-0.15, -0.1) is 0 Å². The van der Waals surface area contributed by atoms with Crippen molar-refractivity contribution in [2.75, 3.05) is 30.9 Å². The summed E-state index contributed by atoms with van der Waals surface area (Å²) in [5.74, 6) is 1.60. The van der Waals surface area contributed by atoms with E-state index in [1.807, 2.05) is 27.7 Å². The molecule has 3 aliphatic rings. The molecule has 2 bridgehead atoms. The molecule has 2 saturated heterocycles. The first-order chi connectivity index (χ1) is 17.4. The van der Waals surface area contributed by atoms with Gasteiger partial charge < -0.3 is 25.2 Å². The molecule has 1 aliphatic carbocycles. The molecule has 0 aromatic carbocycles. The lowest BCUT2D eigenvalue weighted by Gasteiger charge is -2.29. The van der Waals surface area contributed by atoms with E-state index in [0.29, 0.717) is 48.3 Å². The molecular formula is C25H30N8O3. The van der Waals surface area contributed by atoms with Gasteiger partial charge in [-0.3, -0.25) is 9.36 Å². The van der Waals surface area contributed by atoms with E-state index in [9.17, 15) is 9.59 Å². The number of carbonyl (C=O) groups is 2. The van der Waals surface area contributed by atoms with Crippen LogP contribution in [0.15, 0.2) is 30.6 Å². The summed E-state index contributed by atoms with van der Waals surface area (Å²) < 4.78 is 7.62. The van der Waals surface area contributed by atoms with Crippen molar-refractivity contribution < 1.29 is 14.3 Å². The second kappa shape index (κ2) is 9.05. The van der Waals surface area contributed by atoms with Crippen LogP contribution in [-0.4, -0.2) is 69.1 Å². The van der Waals surface area contributed by atoms with Crippen LogP contribution in [0.3, 0.4) is 0 Å². The van der Waals surface area contributed by atoms with Crippen LogP contribution in [0.5, 0.6) is 5.88 Å². The largest absolute Gasteiger partial charge is 0.415 e. The lowest BCUT2D eigenvalue weighted by atomic mass is 9.93. The van der Waals surface area contributed by atoms with Gasteiger partial charge in [0.1, 0.15) is 11.5 Å². The smallest absolute Gasteiger partial charge is 0.393 e. The van der Waals surface area contributed by atoms with Gasteiger partial charge in [-0.05, 0) is 44.2 Å². The van der Waals surface area contributed by atoms with E-state index >= 15 is 0 Å². The van der Waals surface area contributed by atoms with Crippen LogP contribution in [0, 0.1) is 0 Å². The molecule has 5 heterocycles. The zero-order valence-electron chi connectivity index (χ0n) is 20.5. The van der Waals surface area contributed by atoms with Gasteiger partial charge in [0.05, 0.1) is 11.9 Å². The Morgan fingerprint density at radius 1 is 1.14 bits per heavy atom. The number of anilines is 3.